The van der Waals surface area contributed by atoms with Gasteiger partial charge in [-0.2, -0.15) is 0 Å². The molecule has 0 bridgehead atoms. The van der Waals surface area contributed by atoms with Crippen LogP contribution in [0.2, 0.25) is 5.02 Å². The Balaban J connectivity index is 1.79. The zero-order valence-corrected chi connectivity index (χ0v) is 17.5. The van der Waals surface area contributed by atoms with Gasteiger partial charge in [0.05, 0.1) is 12.0 Å². The van der Waals surface area contributed by atoms with Crippen molar-refractivity contribution in [3.8, 4) is 0 Å². The fourth-order valence-corrected chi connectivity index (χ4v) is 4.18. The van der Waals surface area contributed by atoms with Crippen molar-refractivity contribution in [2.45, 2.75) is 18.7 Å². The van der Waals surface area contributed by atoms with Crippen molar-refractivity contribution in [1.82, 2.24) is 19.9 Å². The van der Waals surface area contributed by atoms with Crippen LogP contribution >= 0.6 is 11.6 Å². The molecule has 3 heterocycles. The number of rotatable bonds is 5. The summed E-state index contributed by atoms with van der Waals surface area (Å²) in [6.45, 7) is 3.43. The predicted octanol–water partition coefficient (Wildman–Crippen LogP) is 3.65. The third-order valence-corrected chi connectivity index (χ3v) is 6.22. The largest absolute Gasteiger partial charge is 0.346 e. The van der Waals surface area contributed by atoms with Crippen LogP contribution < -0.4 is 4.72 Å². The van der Waals surface area contributed by atoms with Gasteiger partial charge < -0.3 is 4.98 Å². The molecule has 30 heavy (non-hydrogen) atoms. The van der Waals surface area contributed by atoms with Crippen molar-refractivity contribution < 1.29 is 14.6 Å². The molecular formula is C20H16ClN5O3S. The van der Waals surface area contributed by atoms with E-state index in [9.17, 15) is 13.2 Å². The summed E-state index contributed by atoms with van der Waals surface area (Å²) in [6, 6.07) is 7.27. The predicted molar refractivity (Wildman–Crippen MR) is 113 cm³/mol. The molecule has 4 aromatic rings. The van der Waals surface area contributed by atoms with Crippen molar-refractivity contribution >= 4 is 44.1 Å². The minimum absolute atomic E-state index is 0.00298. The fraction of sp³-hybridized carbons (Fsp3) is 0.100. The minimum Gasteiger partial charge on any atom is -0.346 e. The number of nitrogens with zero attached hydrogens (tertiary/aromatic N) is 3. The number of ketones is 1. The summed E-state index contributed by atoms with van der Waals surface area (Å²) in [5.74, 6) is -0.601. The summed E-state index contributed by atoms with van der Waals surface area (Å²) in [6.07, 6.45) is 2.73. The molecule has 0 aliphatic rings. The molecular weight excluding hydrogens is 426 g/mol. The van der Waals surface area contributed by atoms with Gasteiger partial charge in [-0.1, -0.05) is 11.6 Å². The second kappa shape index (κ2) is 7.51. The topological polar surface area (TPSA) is 118 Å². The highest BCUT2D eigenvalue weighted by molar-refractivity contribution is 7.92. The van der Waals surface area contributed by atoms with Gasteiger partial charge in [-0.05, 0) is 55.3 Å². The highest BCUT2D eigenvalue weighted by Crippen LogP contribution is 2.26. The number of sulfonamides is 1. The van der Waals surface area contributed by atoms with Gasteiger partial charge in [-0.3, -0.25) is 14.5 Å². The first-order valence-electron chi connectivity index (χ1n) is 9.26. The number of pyridine rings is 1. The van der Waals surface area contributed by atoms with E-state index in [0.29, 0.717) is 27.2 Å². The molecule has 0 fully saturated rings. The zero-order valence-electron chi connectivity index (χ0n) is 16.9. The monoisotopic (exact) mass is 442 g/mol. The molecule has 0 aliphatic carbocycles. The molecule has 4 rings (SSSR count). The molecule has 0 unspecified atom stereocenters. The van der Waals surface area contributed by atoms with Crippen molar-refractivity contribution in [2.24, 2.45) is 0 Å². The van der Waals surface area contributed by atoms with Crippen LogP contribution in [0.15, 0.2) is 53.9 Å². The Labute approximate surface area is 178 Å². The van der Waals surface area contributed by atoms with E-state index < -0.39 is 15.8 Å². The Morgan fingerprint density at radius 2 is 1.93 bits per heavy atom. The second-order valence-electron chi connectivity index (χ2n) is 6.65. The number of hydrogen-bond acceptors (Lipinski definition) is 6. The third kappa shape index (κ3) is 3.64. The van der Waals surface area contributed by atoms with Gasteiger partial charge in [0.15, 0.2) is 0 Å². The SMILES string of the molecule is [2H]c1cc2c(C(=O)c3ncc(C)cc3NS(=O)(=O)c3ccc(Cl)c(C)c3)ncnc2[nH]1. The smallest absolute Gasteiger partial charge is 0.261 e. The van der Waals surface area contributed by atoms with Crippen molar-refractivity contribution in [3.63, 3.8) is 0 Å². The number of nitrogens with one attached hydrogen (secondary N) is 2. The maximum absolute atomic E-state index is 13.2. The van der Waals surface area contributed by atoms with Gasteiger partial charge in [0.1, 0.15) is 23.4 Å². The van der Waals surface area contributed by atoms with Crippen LogP contribution in [-0.4, -0.2) is 34.1 Å². The number of carbonyl (C=O) groups is 1. The summed E-state index contributed by atoms with van der Waals surface area (Å²) in [7, 11) is -4.02. The van der Waals surface area contributed by atoms with E-state index in [0.717, 1.165) is 0 Å². The van der Waals surface area contributed by atoms with E-state index in [2.05, 4.69) is 24.7 Å². The third-order valence-electron chi connectivity index (χ3n) is 4.43. The number of fused-ring (bicyclic) bond motifs is 1. The Morgan fingerprint density at radius 1 is 1.13 bits per heavy atom. The van der Waals surface area contributed by atoms with Gasteiger partial charge in [-0.15, -0.1) is 0 Å². The number of aryl methyl sites for hydroxylation is 2. The average Bonchev–Trinajstić information content (AvgIpc) is 3.09. The first kappa shape index (κ1) is 18.7. The number of H-pyrrole nitrogens is 1. The normalized spacial score (nSPS) is 12.0. The highest BCUT2D eigenvalue weighted by atomic mass is 35.5. The van der Waals surface area contributed by atoms with E-state index in [1.54, 1.807) is 13.8 Å². The molecule has 0 atom stereocenters. The molecule has 2 N–H and O–H groups in total. The van der Waals surface area contributed by atoms with Crippen molar-refractivity contribution in [1.29, 1.82) is 0 Å². The lowest BCUT2D eigenvalue weighted by atomic mass is 10.1. The van der Waals surface area contributed by atoms with Gasteiger partial charge in [0.2, 0.25) is 5.78 Å². The van der Waals surface area contributed by atoms with Crippen molar-refractivity contribution in [2.75, 3.05) is 4.72 Å². The quantitative estimate of drug-likeness (QED) is 0.455. The van der Waals surface area contributed by atoms with E-state index in [1.807, 2.05) is 0 Å². The van der Waals surface area contributed by atoms with Crippen LogP contribution in [-0.2, 0) is 10.0 Å². The Hall–Kier alpha value is -3.30. The summed E-state index contributed by atoms with van der Waals surface area (Å²) >= 11 is 6.00. The summed E-state index contributed by atoms with van der Waals surface area (Å²) in [4.78, 5) is 28.2. The fourth-order valence-electron chi connectivity index (χ4n) is 2.92. The summed E-state index contributed by atoms with van der Waals surface area (Å²) in [5.41, 5.74) is 1.50. The van der Waals surface area contributed by atoms with Crippen LogP contribution in [0.5, 0.6) is 0 Å². The van der Waals surface area contributed by atoms with Gasteiger partial charge in [0, 0.05) is 22.8 Å². The first-order valence-corrected chi connectivity index (χ1v) is 10.6. The summed E-state index contributed by atoms with van der Waals surface area (Å²) < 4.78 is 36.1. The zero-order chi connectivity index (χ0) is 22.3. The number of carbonyl (C=O) groups excluding carboxylic acids is 1. The molecule has 3 aromatic heterocycles. The standard InChI is InChI=1S/C20H16ClN5O3S/c1-11-7-16(26-30(28,29)13-3-4-15(21)12(2)8-13)18(23-9-11)19(27)17-14-5-6-22-20(14)25-10-24-17/h3-10,26H,1-2H3,(H,22,24,25)/i6D. The lowest BCUT2D eigenvalue weighted by Crippen LogP contribution is -2.18. The molecule has 0 saturated heterocycles. The molecule has 0 saturated carbocycles. The Kier molecular flexibility index (Phi) is 4.68. The van der Waals surface area contributed by atoms with E-state index >= 15 is 0 Å². The maximum Gasteiger partial charge on any atom is 0.261 e. The Bertz CT molecular complexity index is 1450. The molecule has 0 aliphatic heterocycles. The number of hydrogen-bond donors (Lipinski definition) is 2. The molecule has 0 amide bonds. The van der Waals surface area contributed by atoms with Gasteiger partial charge in [0.25, 0.3) is 10.0 Å². The molecule has 8 nitrogen and oxygen atoms in total. The molecule has 0 radical (unpaired) electrons. The number of aromatic nitrogens is 4. The Morgan fingerprint density at radius 3 is 2.70 bits per heavy atom. The summed E-state index contributed by atoms with van der Waals surface area (Å²) in [5, 5.41) is 0.794. The van der Waals surface area contributed by atoms with E-state index in [-0.39, 0.29) is 28.1 Å². The van der Waals surface area contributed by atoms with Gasteiger partial charge in [-0.25, -0.2) is 18.4 Å². The number of halogens is 1. The van der Waals surface area contributed by atoms with Crippen LogP contribution in [0.3, 0.4) is 0 Å². The van der Waals surface area contributed by atoms with Crippen molar-refractivity contribution in [3.05, 3.63) is 76.6 Å². The first-order chi connectivity index (χ1) is 14.7. The number of aromatic amines is 1. The number of anilines is 1. The maximum atomic E-state index is 13.2. The molecule has 0 spiro atoms. The van der Waals surface area contributed by atoms with Crippen LogP contribution in [0, 0.1) is 13.8 Å². The molecule has 152 valence electrons. The molecule has 10 heteroatoms. The van der Waals surface area contributed by atoms with Crippen LogP contribution in [0.25, 0.3) is 11.0 Å². The highest BCUT2D eigenvalue weighted by Gasteiger charge is 2.24. The minimum atomic E-state index is -4.02. The lowest BCUT2D eigenvalue weighted by molar-refractivity contribution is 0.103. The van der Waals surface area contributed by atoms with E-state index in [4.69, 9.17) is 13.0 Å². The number of benzene rings is 1. The van der Waals surface area contributed by atoms with E-state index in [1.165, 1.54) is 42.9 Å². The lowest BCUT2D eigenvalue weighted by Gasteiger charge is -2.13. The molecule has 1 aromatic carbocycles. The van der Waals surface area contributed by atoms with Gasteiger partial charge >= 0.3 is 0 Å². The van der Waals surface area contributed by atoms with Crippen LogP contribution in [0.1, 0.15) is 28.7 Å². The average molecular weight is 443 g/mol. The van der Waals surface area contributed by atoms with Crippen LogP contribution in [0.4, 0.5) is 5.69 Å². The second-order valence-corrected chi connectivity index (χ2v) is 8.74.